The molecular formula is C14H32IN3OS. The van der Waals surface area contributed by atoms with Gasteiger partial charge in [0.2, 0.25) is 0 Å². The lowest BCUT2D eigenvalue weighted by atomic mass is 10.0. The topological polar surface area (TPSA) is 45.7 Å². The Morgan fingerprint density at radius 3 is 2.45 bits per heavy atom. The molecule has 0 aromatic rings. The van der Waals surface area contributed by atoms with Crippen LogP contribution in [-0.4, -0.2) is 50.3 Å². The Kier molecular flexibility index (Phi) is 17.7. The molecular weight excluding hydrogens is 385 g/mol. The van der Waals surface area contributed by atoms with E-state index in [2.05, 4.69) is 42.7 Å². The Balaban J connectivity index is 0. The highest BCUT2D eigenvalue weighted by molar-refractivity contribution is 14.0. The molecule has 0 saturated carbocycles. The van der Waals surface area contributed by atoms with Gasteiger partial charge in [-0.3, -0.25) is 4.99 Å². The number of aliphatic imine (C=N–C) groups is 1. The maximum absolute atomic E-state index is 5.73. The van der Waals surface area contributed by atoms with E-state index in [1.165, 1.54) is 0 Å². The Morgan fingerprint density at radius 1 is 1.25 bits per heavy atom. The van der Waals surface area contributed by atoms with E-state index in [9.17, 15) is 0 Å². The Labute approximate surface area is 146 Å². The average molecular weight is 417 g/mol. The highest BCUT2D eigenvalue weighted by atomic mass is 127. The zero-order valence-corrected chi connectivity index (χ0v) is 16.7. The van der Waals surface area contributed by atoms with E-state index in [0.29, 0.717) is 12.0 Å². The molecule has 0 bridgehead atoms. The lowest BCUT2D eigenvalue weighted by Crippen LogP contribution is -2.38. The molecule has 0 spiro atoms. The molecule has 1 unspecified atom stereocenters. The largest absolute Gasteiger partial charge is 0.378 e. The molecule has 0 saturated heterocycles. The number of nitrogens with zero attached hydrogens (tertiary/aromatic N) is 1. The third-order valence-electron chi connectivity index (χ3n) is 2.75. The molecule has 0 aliphatic heterocycles. The number of nitrogens with one attached hydrogen (secondary N) is 2. The zero-order chi connectivity index (χ0) is 14.5. The molecule has 4 nitrogen and oxygen atoms in total. The van der Waals surface area contributed by atoms with Crippen molar-refractivity contribution in [2.45, 2.75) is 40.2 Å². The van der Waals surface area contributed by atoms with Crippen LogP contribution in [0.25, 0.3) is 0 Å². The van der Waals surface area contributed by atoms with Crippen LogP contribution >= 0.6 is 35.7 Å². The van der Waals surface area contributed by atoms with Crippen molar-refractivity contribution in [3.8, 4) is 0 Å². The minimum atomic E-state index is 0. The van der Waals surface area contributed by atoms with Gasteiger partial charge in [-0.2, -0.15) is 11.8 Å². The summed E-state index contributed by atoms with van der Waals surface area (Å²) in [6.45, 7) is 12.0. The van der Waals surface area contributed by atoms with E-state index < -0.39 is 0 Å². The molecule has 0 aliphatic rings. The van der Waals surface area contributed by atoms with E-state index in [0.717, 1.165) is 44.4 Å². The molecule has 0 fully saturated rings. The van der Waals surface area contributed by atoms with Gasteiger partial charge in [0.1, 0.15) is 0 Å². The fraction of sp³-hybridized carbons (Fsp3) is 0.929. The van der Waals surface area contributed by atoms with E-state index >= 15 is 0 Å². The van der Waals surface area contributed by atoms with Gasteiger partial charge in [0.05, 0.1) is 6.10 Å². The lowest BCUT2D eigenvalue weighted by Gasteiger charge is -2.20. The molecule has 0 aromatic heterocycles. The van der Waals surface area contributed by atoms with Crippen molar-refractivity contribution in [1.82, 2.24) is 10.6 Å². The predicted molar refractivity (Wildman–Crippen MR) is 103 cm³/mol. The molecule has 0 amide bonds. The van der Waals surface area contributed by atoms with Gasteiger partial charge in [-0.1, -0.05) is 13.8 Å². The number of hydrogen-bond donors (Lipinski definition) is 2. The molecule has 1 atom stereocenters. The van der Waals surface area contributed by atoms with Gasteiger partial charge in [-0.15, -0.1) is 24.0 Å². The van der Waals surface area contributed by atoms with Gasteiger partial charge in [0, 0.05) is 32.0 Å². The highest BCUT2D eigenvalue weighted by Crippen LogP contribution is 2.10. The van der Waals surface area contributed by atoms with Crippen LogP contribution in [0.3, 0.4) is 0 Å². The quantitative estimate of drug-likeness (QED) is 0.248. The monoisotopic (exact) mass is 417 g/mol. The molecule has 2 N–H and O–H groups in total. The maximum Gasteiger partial charge on any atom is 0.191 e. The van der Waals surface area contributed by atoms with Gasteiger partial charge in [0.15, 0.2) is 5.96 Å². The summed E-state index contributed by atoms with van der Waals surface area (Å²) in [5.41, 5.74) is 0. The van der Waals surface area contributed by atoms with Gasteiger partial charge >= 0.3 is 0 Å². The first kappa shape index (κ1) is 22.6. The first-order valence-corrected chi connectivity index (χ1v) is 8.67. The molecule has 0 aromatic carbocycles. The number of thioether (sulfide) groups is 1. The fourth-order valence-corrected chi connectivity index (χ4v) is 2.05. The summed E-state index contributed by atoms with van der Waals surface area (Å²) in [6, 6.07) is 0. The van der Waals surface area contributed by atoms with Crippen molar-refractivity contribution in [2.75, 3.05) is 38.2 Å². The third kappa shape index (κ3) is 12.1. The van der Waals surface area contributed by atoms with Crippen molar-refractivity contribution >= 4 is 41.7 Å². The predicted octanol–water partition coefficient (Wildman–Crippen LogP) is 2.97. The number of ether oxygens (including phenoxy) is 1. The SMILES string of the molecule is CCNC(=NCCC(OCC)C(C)C)NCCSC.I. The Bertz CT molecular complexity index is 240. The number of hydrogen-bond acceptors (Lipinski definition) is 3. The molecule has 20 heavy (non-hydrogen) atoms. The number of guanidine groups is 1. The summed E-state index contributed by atoms with van der Waals surface area (Å²) >= 11 is 1.84. The van der Waals surface area contributed by atoms with Gasteiger partial charge in [-0.05, 0) is 32.4 Å². The molecule has 6 heteroatoms. The smallest absolute Gasteiger partial charge is 0.191 e. The maximum atomic E-state index is 5.73. The Hall–Kier alpha value is 0.310. The normalized spacial score (nSPS) is 13.0. The summed E-state index contributed by atoms with van der Waals surface area (Å²) in [7, 11) is 0. The molecule has 122 valence electrons. The van der Waals surface area contributed by atoms with Crippen LogP contribution in [-0.2, 0) is 4.74 Å². The van der Waals surface area contributed by atoms with Gasteiger partial charge < -0.3 is 15.4 Å². The first-order chi connectivity index (χ1) is 9.15. The second kappa shape index (κ2) is 15.7. The highest BCUT2D eigenvalue weighted by Gasteiger charge is 2.12. The first-order valence-electron chi connectivity index (χ1n) is 7.28. The van der Waals surface area contributed by atoms with Crippen LogP contribution in [0.2, 0.25) is 0 Å². The van der Waals surface area contributed by atoms with E-state index in [4.69, 9.17) is 4.74 Å². The molecule has 0 radical (unpaired) electrons. The van der Waals surface area contributed by atoms with Crippen molar-refractivity contribution in [3.63, 3.8) is 0 Å². The second-order valence-corrected chi connectivity index (χ2v) is 5.69. The Morgan fingerprint density at radius 2 is 1.95 bits per heavy atom. The van der Waals surface area contributed by atoms with Gasteiger partial charge in [0.25, 0.3) is 0 Å². The van der Waals surface area contributed by atoms with Crippen LogP contribution < -0.4 is 10.6 Å². The summed E-state index contributed by atoms with van der Waals surface area (Å²) in [4.78, 5) is 4.59. The zero-order valence-electron chi connectivity index (χ0n) is 13.6. The van der Waals surface area contributed by atoms with Crippen molar-refractivity contribution in [2.24, 2.45) is 10.9 Å². The number of rotatable bonds is 10. The van der Waals surface area contributed by atoms with Crippen LogP contribution in [0.5, 0.6) is 0 Å². The van der Waals surface area contributed by atoms with Crippen LogP contribution in [0.1, 0.15) is 34.1 Å². The van der Waals surface area contributed by atoms with E-state index in [1.807, 2.05) is 18.7 Å². The second-order valence-electron chi connectivity index (χ2n) is 4.71. The van der Waals surface area contributed by atoms with Crippen molar-refractivity contribution in [3.05, 3.63) is 0 Å². The summed E-state index contributed by atoms with van der Waals surface area (Å²) in [6.07, 6.45) is 3.40. The van der Waals surface area contributed by atoms with Crippen LogP contribution in [0, 0.1) is 5.92 Å². The van der Waals surface area contributed by atoms with Crippen molar-refractivity contribution < 1.29 is 4.74 Å². The fourth-order valence-electron chi connectivity index (χ4n) is 1.74. The van der Waals surface area contributed by atoms with Gasteiger partial charge in [-0.25, -0.2) is 0 Å². The van der Waals surface area contributed by atoms with Crippen molar-refractivity contribution in [1.29, 1.82) is 0 Å². The van der Waals surface area contributed by atoms with E-state index in [-0.39, 0.29) is 24.0 Å². The van der Waals surface area contributed by atoms with E-state index in [1.54, 1.807) is 0 Å². The molecule has 0 rings (SSSR count). The minimum Gasteiger partial charge on any atom is -0.378 e. The lowest BCUT2D eigenvalue weighted by molar-refractivity contribution is 0.0266. The van der Waals surface area contributed by atoms with Crippen LogP contribution in [0.4, 0.5) is 0 Å². The summed E-state index contributed by atoms with van der Waals surface area (Å²) < 4.78 is 5.73. The standard InChI is InChI=1S/C14H31N3OS.HI/c1-6-15-14(17-10-11-19-5)16-9-8-13(12(3)4)18-7-2;/h12-13H,6-11H2,1-5H3,(H2,15,16,17);1H. The minimum absolute atomic E-state index is 0. The molecule has 0 heterocycles. The van der Waals surface area contributed by atoms with Crippen LogP contribution in [0.15, 0.2) is 4.99 Å². The third-order valence-corrected chi connectivity index (χ3v) is 3.36. The molecule has 0 aliphatic carbocycles. The summed E-state index contributed by atoms with van der Waals surface area (Å²) in [5, 5.41) is 6.60. The summed E-state index contributed by atoms with van der Waals surface area (Å²) in [5.74, 6) is 2.55. The average Bonchev–Trinajstić information content (AvgIpc) is 2.37. The number of halogens is 1.